The SMILES string of the molecule is CCCC[NH+](C)Cc1c(O)ccc2c(-c3cc4cc(Br)ccc4oc3=O)cc(=O)oc12. The number of phenolic OH excluding ortho intramolecular Hbond substituents is 1. The van der Waals surface area contributed by atoms with E-state index in [9.17, 15) is 14.7 Å². The van der Waals surface area contributed by atoms with Crippen LogP contribution >= 0.6 is 15.9 Å². The van der Waals surface area contributed by atoms with E-state index in [-0.39, 0.29) is 11.3 Å². The molecule has 0 saturated carbocycles. The molecule has 0 spiro atoms. The minimum atomic E-state index is -0.589. The van der Waals surface area contributed by atoms with E-state index in [1.54, 1.807) is 30.3 Å². The van der Waals surface area contributed by atoms with E-state index in [0.717, 1.165) is 29.2 Å². The van der Waals surface area contributed by atoms with Gasteiger partial charge < -0.3 is 18.8 Å². The van der Waals surface area contributed by atoms with E-state index < -0.39 is 11.3 Å². The smallest absolute Gasteiger partial charge is 0.344 e. The van der Waals surface area contributed by atoms with Gasteiger partial charge in [0.05, 0.1) is 24.7 Å². The average molecular weight is 485 g/mol. The first kappa shape index (κ1) is 21.3. The molecule has 2 heterocycles. The molecule has 7 heteroatoms. The van der Waals surface area contributed by atoms with Crippen LogP contribution < -0.4 is 16.2 Å². The number of hydrogen-bond donors (Lipinski definition) is 2. The van der Waals surface area contributed by atoms with E-state index >= 15 is 0 Å². The van der Waals surface area contributed by atoms with Crippen molar-refractivity contribution in [2.24, 2.45) is 0 Å². The lowest BCUT2D eigenvalue weighted by atomic mass is 9.99. The van der Waals surface area contributed by atoms with Crippen LogP contribution in [0.3, 0.4) is 0 Å². The van der Waals surface area contributed by atoms with Gasteiger partial charge >= 0.3 is 11.3 Å². The fourth-order valence-corrected chi connectivity index (χ4v) is 4.19. The van der Waals surface area contributed by atoms with Crippen LogP contribution in [0.5, 0.6) is 5.75 Å². The molecule has 0 radical (unpaired) electrons. The van der Waals surface area contributed by atoms with E-state index in [4.69, 9.17) is 8.83 Å². The molecule has 1 atom stereocenters. The molecule has 1 unspecified atom stereocenters. The largest absolute Gasteiger partial charge is 0.507 e. The molecule has 2 aromatic carbocycles. The fourth-order valence-electron chi connectivity index (χ4n) is 3.82. The molecule has 0 aliphatic heterocycles. The van der Waals surface area contributed by atoms with E-state index in [0.29, 0.717) is 34.2 Å². The van der Waals surface area contributed by atoms with Crippen LogP contribution in [-0.2, 0) is 6.54 Å². The average Bonchev–Trinajstić information content (AvgIpc) is 2.73. The Balaban J connectivity index is 1.93. The zero-order valence-electron chi connectivity index (χ0n) is 17.3. The Kier molecular flexibility index (Phi) is 5.98. The Hall–Kier alpha value is -2.90. The zero-order chi connectivity index (χ0) is 22.1. The molecular formula is C24H23BrNO5+. The number of quaternary nitrogens is 1. The Bertz CT molecular complexity index is 1390. The number of fused-ring (bicyclic) bond motifs is 2. The highest BCUT2D eigenvalue weighted by Gasteiger charge is 2.20. The third kappa shape index (κ3) is 4.29. The molecule has 0 bridgehead atoms. The maximum absolute atomic E-state index is 12.8. The van der Waals surface area contributed by atoms with Crippen molar-refractivity contribution in [2.45, 2.75) is 26.3 Å². The lowest BCUT2D eigenvalue weighted by Gasteiger charge is -2.16. The molecular weight excluding hydrogens is 462 g/mol. The van der Waals surface area contributed by atoms with E-state index in [1.807, 2.05) is 13.1 Å². The Morgan fingerprint density at radius 2 is 1.84 bits per heavy atom. The number of nitrogens with one attached hydrogen (secondary N) is 1. The van der Waals surface area contributed by atoms with Crippen LogP contribution in [-0.4, -0.2) is 18.7 Å². The predicted molar refractivity (Wildman–Crippen MR) is 124 cm³/mol. The van der Waals surface area contributed by atoms with Crippen molar-refractivity contribution in [1.29, 1.82) is 0 Å². The highest BCUT2D eigenvalue weighted by molar-refractivity contribution is 9.10. The maximum Gasteiger partial charge on any atom is 0.344 e. The summed E-state index contributed by atoms with van der Waals surface area (Å²) in [6.07, 6.45) is 2.13. The molecule has 2 aromatic heterocycles. The summed E-state index contributed by atoms with van der Waals surface area (Å²) < 4.78 is 11.9. The highest BCUT2D eigenvalue weighted by atomic mass is 79.9. The third-order valence-corrected chi connectivity index (χ3v) is 5.90. The topological polar surface area (TPSA) is 85.1 Å². The van der Waals surface area contributed by atoms with Gasteiger partial charge in [0.1, 0.15) is 17.9 Å². The van der Waals surface area contributed by atoms with E-state index in [1.165, 1.54) is 11.0 Å². The number of halogens is 1. The van der Waals surface area contributed by atoms with Crippen LogP contribution in [0.15, 0.2) is 65.4 Å². The Morgan fingerprint density at radius 3 is 2.61 bits per heavy atom. The second-order valence-electron chi connectivity index (χ2n) is 7.79. The van der Waals surface area contributed by atoms with Crippen molar-refractivity contribution in [2.75, 3.05) is 13.6 Å². The maximum atomic E-state index is 12.8. The van der Waals surface area contributed by atoms with Crippen molar-refractivity contribution in [3.63, 3.8) is 0 Å². The van der Waals surface area contributed by atoms with Gasteiger partial charge in [0.15, 0.2) is 5.58 Å². The first-order chi connectivity index (χ1) is 14.9. The summed E-state index contributed by atoms with van der Waals surface area (Å²) in [6, 6.07) is 11.6. The van der Waals surface area contributed by atoms with Gasteiger partial charge in [-0.1, -0.05) is 29.3 Å². The molecule has 0 aliphatic rings. The molecule has 2 N–H and O–H groups in total. The summed E-state index contributed by atoms with van der Waals surface area (Å²) in [7, 11) is 2.03. The first-order valence-electron chi connectivity index (χ1n) is 10.2. The second kappa shape index (κ2) is 8.69. The summed E-state index contributed by atoms with van der Waals surface area (Å²) >= 11 is 3.43. The van der Waals surface area contributed by atoms with Gasteiger partial charge in [0.2, 0.25) is 0 Å². The molecule has 6 nitrogen and oxygen atoms in total. The van der Waals surface area contributed by atoms with Gasteiger partial charge in [-0.25, -0.2) is 9.59 Å². The van der Waals surface area contributed by atoms with Gasteiger partial charge in [-0.2, -0.15) is 0 Å². The number of benzene rings is 2. The van der Waals surface area contributed by atoms with Crippen molar-refractivity contribution >= 4 is 37.9 Å². The Labute approximate surface area is 186 Å². The van der Waals surface area contributed by atoms with Gasteiger partial charge in [0, 0.05) is 26.9 Å². The Morgan fingerprint density at radius 1 is 1.03 bits per heavy atom. The van der Waals surface area contributed by atoms with Crippen LogP contribution in [0.1, 0.15) is 25.3 Å². The molecule has 160 valence electrons. The van der Waals surface area contributed by atoms with Crippen LogP contribution in [0.4, 0.5) is 0 Å². The van der Waals surface area contributed by atoms with Crippen LogP contribution in [0, 0.1) is 0 Å². The van der Waals surface area contributed by atoms with Gasteiger partial charge in [-0.3, -0.25) is 0 Å². The van der Waals surface area contributed by atoms with Crippen molar-refractivity contribution in [3.8, 4) is 16.9 Å². The lowest BCUT2D eigenvalue weighted by Crippen LogP contribution is -3.07. The zero-order valence-corrected chi connectivity index (χ0v) is 18.9. The third-order valence-electron chi connectivity index (χ3n) is 5.41. The minimum Gasteiger partial charge on any atom is -0.507 e. The normalized spacial score (nSPS) is 12.5. The fraction of sp³-hybridized carbons (Fsp3) is 0.250. The molecule has 0 aliphatic carbocycles. The molecule has 0 amide bonds. The summed E-state index contributed by atoms with van der Waals surface area (Å²) in [5, 5.41) is 11.8. The van der Waals surface area contributed by atoms with Crippen molar-refractivity contribution < 1.29 is 18.8 Å². The van der Waals surface area contributed by atoms with Crippen molar-refractivity contribution in [3.05, 3.63) is 73.3 Å². The molecule has 4 rings (SSSR count). The molecule has 0 saturated heterocycles. The number of rotatable bonds is 6. The van der Waals surface area contributed by atoms with Gasteiger partial charge in [-0.05, 0) is 42.8 Å². The number of phenols is 1. The predicted octanol–water partition coefficient (Wildman–Crippen LogP) is 3.85. The van der Waals surface area contributed by atoms with Gasteiger partial charge in [-0.15, -0.1) is 0 Å². The standard InChI is InChI=1S/C24H22BrNO5/c1-3-4-9-26(2)13-19-20(27)7-6-16-17(12-22(28)31-23(16)19)18-11-14-10-15(25)5-8-21(14)30-24(18)29/h5-8,10-12,27H,3-4,9,13H2,1-2H3/p+1. The van der Waals surface area contributed by atoms with Gasteiger partial charge in [0.25, 0.3) is 0 Å². The highest BCUT2D eigenvalue weighted by Crippen LogP contribution is 2.33. The summed E-state index contributed by atoms with van der Waals surface area (Å²) in [4.78, 5) is 26.4. The van der Waals surface area contributed by atoms with Crippen LogP contribution in [0.2, 0.25) is 0 Å². The number of aromatic hydroxyl groups is 1. The quantitative estimate of drug-likeness (QED) is 0.406. The lowest BCUT2D eigenvalue weighted by molar-refractivity contribution is -0.893. The number of hydrogen-bond acceptors (Lipinski definition) is 5. The van der Waals surface area contributed by atoms with Crippen molar-refractivity contribution in [1.82, 2.24) is 0 Å². The summed E-state index contributed by atoms with van der Waals surface area (Å²) in [6.45, 7) is 3.55. The molecule has 0 fully saturated rings. The molecule has 31 heavy (non-hydrogen) atoms. The summed E-state index contributed by atoms with van der Waals surface area (Å²) in [5.41, 5.74) is 0.881. The summed E-state index contributed by atoms with van der Waals surface area (Å²) in [5.74, 6) is 0.0677. The minimum absolute atomic E-state index is 0.0677. The van der Waals surface area contributed by atoms with E-state index in [2.05, 4.69) is 22.9 Å². The van der Waals surface area contributed by atoms with Crippen LogP contribution in [0.25, 0.3) is 33.1 Å². The first-order valence-corrected chi connectivity index (χ1v) is 11.0. The number of unbranched alkanes of at least 4 members (excludes halogenated alkanes) is 1. The molecule has 4 aromatic rings. The monoisotopic (exact) mass is 484 g/mol. The second-order valence-corrected chi connectivity index (χ2v) is 8.70.